The van der Waals surface area contributed by atoms with Gasteiger partial charge < -0.3 is 9.47 Å². The van der Waals surface area contributed by atoms with Crippen LogP contribution in [0.25, 0.3) is 0 Å². The zero-order chi connectivity index (χ0) is 13.3. The molecule has 0 bridgehead atoms. The minimum Gasteiger partial charge on any atom is -0.381 e. The smallest absolute Gasteiger partial charge is 0.0565 e. The van der Waals surface area contributed by atoms with E-state index in [4.69, 9.17) is 9.47 Å². The molecule has 0 aromatic heterocycles. The maximum Gasteiger partial charge on any atom is 0.0565 e. The highest BCUT2D eigenvalue weighted by molar-refractivity contribution is 9.09. The SMILES string of the molecule is BrCCCCOCCSSCCOCCCCBr. The first-order valence-electron chi connectivity index (χ1n) is 6.43. The summed E-state index contributed by atoms with van der Waals surface area (Å²) < 4.78 is 11.0. The fourth-order valence-electron chi connectivity index (χ4n) is 1.11. The fraction of sp³-hybridized carbons (Fsp3) is 1.00. The minimum absolute atomic E-state index is 0.867. The molecule has 0 spiro atoms. The summed E-state index contributed by atoms with van der Waals surface area (Å²) in [6.45, 7) is 3.53. The van der Waals surface area contributed by atoms with Crippen LogP contribution in [-0.2, 0) is 9.47 Å². The summed E-state index contributed by atoms with van der Waals surface area (Å²) in [5.41, 5.74) is 0. The highest BCUT2D eigenvalue weighted by Crippen LogP contribution is 2.20. The Labute approximate surface area is 136 Å². The van der Waals surface area contributed by atoms with E-state index in [-0.39, 0.29) is 0 Å². The molecule has 0 fully saturated rings. The van der Waals surface area contributed by atoms with Crippen molar-refractivity contribution in [2.45, 2.75) is 25.7 Å². The Morgan fingerprint density at radius 3 is 1.44 bits per heavy atom. The normalized spacial score (nSPS) is 11.0. The third kappa shape index (κ3) is 17.6. The lowest BCUT2D eigenvalue weighted by molar-refractivity contribution is 0.147. The molecule has 0 atom stereocenters. The second-order valence-corrected chi connectivity index (χ2v) is 7.95. The predicted molar refractivity (Wildman–Crippen MR) is 92.6 cm³/mol. The van der Waals surface area contributed by atoms with Crippen LogP contribution >= 0.6 is 53.4 Å². The van der Waals surface area contributed by atoms with Crippen LogP contribution in [0.2, 0.25) is 0 Å². The summed E-state index contributed by atoms with van der Waals surface area (Å²) in [6.07, 6.45) is 4.72. The molecule has 0 heterocycles. The molecule has 0 aliphatic rings. The van der Waals surface area contributed by atoms with Gasteiger partial charge in [-0.25, -0.2) is 0 Å². The fourth-order valence-corrected chi connectivity index (χ4v) is 3.62. The molecule has 0 aromatic carbocycles. The Bertz CT molecular complexity index is 138. The number of hydrogen-bond donors (Lipinski definition) is 0. The molecule has 0 amide bonds. The van der Waals surface area contributed by atoms with Crippen molar-refractivity contribution in [1.29, 1.82) is 0 Å². The van der Waals surface area contributed by atoms with Gasteiger partial charge in [-0.05, 0) is 25.7 Å². The second kappa shape index (κ2) is 18.6. The second-order valence-electron chi connectivity index (χ2n) is 3.66. The van der Waals surface area contributed by atoms with Gasteiger partial charge in [0.2, 0.25) is 0 Å². The predicted octanol–water partition coefficient (Wildman–Crippen LogP) is 4.75. The van der Waals surface area contributed by atoms with Crippen molar-refractivity contribution < 1.29 is 9.47 Å². The maximum atomic E-state index is 5.52. The van der Waals surface area contributed by atoms with Gasteiger partial charge in [0.1, 0.15) is 0 Å². The molecule has 18 heavy (non-hydrogen) atoms. The number of hydrogen-bond acceptors (Lipinski definition) is 4. The van der Waals surface area contributed by atoms with Crippen LogP contribution in [-0.4, -0.2) is 48.6 Å². The van der Waals surface area contributed by atoms with E-state index in [2.05, 4.69) is 31.9 Å². The maximum absolute atomic E-state index is 5.52. The van der Waals surface area contributed by atoms with Gasteiger partial charge in [-0.2, -0.15) is 0 Å². The first-order chi connectivity index (χ1) is 8.91. The lowest BCUT2D eigenvalue weighted by Gasteiger charge is -2.04. The van der Waals surface area contributed by atoms with Gasteiger partial charge in [0.15, 0.2) is 0 Å². The average molecular weight is 424 g/mol. The van der Waals surface area contributed by atoms with Crippen molar-refractivity contribution in [1.82, 2.24) is 0 Å². The molecule has 0 aliphatic carbocycles. The van der Waals surface area contributed by atoms with Gasteiger partial charge in [-0.1, -0.05) is 53.4 Å². The lowest BCUT2D eigenvalue weighted by atomic mass is 10.4. The summed E-state index contributed by atoms with van der Waals surface area (Å²) in [6, 6.07) is 0. The van der Waals surface area contributed by atoms with Crippen LogP contribution in [0.5, 0.6) is 0 Å². The summed E-state index contributed by atoms with van der Waals surface area (Å²) in [4.78, 5) is 0. The van der Waals surface area contributed by atoms with Gasteiger partial charge in [-0.15, -0.1) is 0 Å². The molecule has 0 aromatic rings. The van der Waals surface area contributed by atoms with Crippen LogP contribution in [0.3, 0.4) is 0 Å². The van der Waals surface area contributed by atoms with E-state index in [9.17, 15) is 0 Å². The van der Waals surface area contributed by atoms with Crippen molar-refractivity contribution >= 4 is 53.4 Å². The van der Waals surface area contributed by atoms with Gasteiger partial charge in [0.25, 0.3) is 0 Å². The summed E-state index contributed by atoms with van der Waals surface area (Å²) >= 11 is 6.82. The highest BCUT2D eigenvalue weighted by Gasteiger charge is 1.93. The van der Waals surface area contributed by atoms with E-state index < -0.39 is 0 Å². The van der Waals surface area contributed by atoms with Crippen molar-refractivity contribution in [2.75, 3.05) is 48.6 Å². The Kier molecular flexibility index (Phi) is 20.2. The summed E-state index contributed by atoms with van der Waals surface area (Å²) in [5, 5.41) is 2.16. The zero-order valence-corrected chi connectivity index (χ0v) is 15.7. The minimum atomic E-state index is 0.867. The average Bonchev–Trinajstić information content (AvgIpc) is 2.39. The molecule has 6 heteroatoms. The van der Waals surface area contributed by atoms with Gasteiger partial charge >= 0.3 is 0 Å². The van der Waals surface area contributed by atoms with E-state index in [0.717, 1.165) is 61.4 Å². The van der Waals surface area contributed by atoms with Crippen LogP contribution in [0.15, 0.2) is 0 Å². The van der Waals surface area contributed by atoms with E-state index in [1.165, 1.54) is 12.8 Å². The molecule has 0 unspecified atom stereocenters. The highest BCUT2D eigenvalue weighted by atomic mass is 79.9. The molecule has 0 radical (unpaired) electrons. The largest absolute Gasteiger partial charge is 0.381 e. The number of ether oxygens (including phenoxy) is 2. The topological polar surface area (TPSA) is 18.5 Å². The van der Waals surface area contributed by atoms with Gasteiger partial charge in [0.05, 0.1) is 13.2 Å². The Morgan fingerprint density at radius 1 is 0.611 bits per heavy atom. The van der Waals surface area contributed by atoms with E-state index in [1.54, 1.807) is 0 Å². The van der Waals surface area contributed by atoms with E-state index in [1.807, 2.05) is 21.6 Å². The number of rotatable bonds is 15. The number of unbranched alkanes of at least 4 members (excludes halogenated alkanes) is 2. The summed E-state index contributed by atoms with van der Waals surface area (Å²) in [7, 11) is 3.76. The Balaban J connectivity index is 2.86. The molecule has 2 nitrogen and oxygen atoms in total. The molecule has 0 aliphatic heterocycles. The first kappa shape index (κ1) is 19.6. The van der Waals surface area contributed by atoms with E-state index >= 15 is 0 Å². The first-order valence-corrected chi connectivity index (χ1v) is 11.2. The van der Waals surface area contributed by atoms with Gasteiger partial charge in [-0.3, -0.25) is 0 Å². The molecular weight excluding hydrogens is 400 g/mol. The molecule has 0 saturated carbocycles. The Morgan fingerprint density at radius 2 is 1.06 bits per heavy atom. The van der Waals surface area contributed by atoms with Crippen molar-refractivity contribution in [3.8, 4) is 0 Å². The zero-order valence-electron chi connectivity index (χ0n) is 10.9. The van der Waals surface area contributed by atoms with Crippen molar-refractivity contribution in [2.24, 2.45) is 0 Å². The standard InChI is InChI=1S/C12H24Br2O2S2/c13-5-1-3-7-15-9-11-17-18-12-10-16-8-4-2-6-14/h1-12H2. The monoisotopic (exact) mass is 422 g/mol. The molecule has 0 saturated heterocycles. The third-order valence-electron chi connectivity index (χ3n) is 2.05. The van der Waals surface area contributed by atoms with Crippen LogP contribution in [0.4, 0.5) is 0 Å². The van der Waals surface area contributed by atoms with Crippen LogP contribution in [0, 0.1) is 0 Å². The molecule has 0 N–H and O–H groups in total. The molecule has 110 valence electrons. The van der Waals surface area contributed by atoms with Gasteiger partial charge in [0, 0.05) is 35.4 Å². The van der Waals surface area contributed by atoms with Crippen molar-refractivity contribution in [3.63, 3.8) is 0 Å². The van der Waals surface area contributed by atoms with Crippen LogP contribution < -0.4 is 0 Å². The third-order valence-corrected chi connectivity index (χ3v) is 5.50. The van der Waals surface area contributed by atoms with E-state index in [0.29, 0.717) is 0 Å². The Hall–Kier alpha value is 1.58. The number of alkyl halides is 2. The number of halogens is 2. The summed E-state index contributed by atoms with van der Waals surface area (Å²) in [5.74, 6) is 2.14. The van der Waals surface area contributed by atoms with Crippen molar-refractivity contribution in [3.05, 3.63) is 0 Å². The molecular formula is C12H24Br2O2S2. The lowest BCUT2D eigenvalue weighted by Crippen LogP contribution is -2.00. The van der Waals surface area contributed by atoms with Crippen LogP contribution in [0.1, 0.15) is 25.7 Å². The quantitative estimate of drug-likeness (QED) is 0.215. The molecule has 0 rings (SSSR count).